The van der Waals surface area contributed by atoms with Gasteiger partial charge in [0.05, 0.1) is 26.7 Å². The van der Waals surface area contributed by atoms with Crippen LogP contribution in [-0.2, 0) is 4.84 Å². The van der Waals surface area contributed by atoms with Crippen molar-refractivity contribution in [2.24, 2.45) is 0 Å². The summed E-state index contributed by atoms with van der Waals surface area (Å²) in [7, 11) is 0. The van der Waals surface area contributed by atoms with Gasteiger partial charge in [0, 0.05) is 9.79 Å². The summed E-state index contributed by atoms with van der Waals surface area (Å²) in [5, 5.41) is 1.07. The molecular formula is C21H10Cl2FNO4S. The van der Waals surface area contributed by atoms with Gasteiger partial charge in [-0.2, -0.15) is 0 Å². The van der Waals surface area contributed by atoms with Crippen molar-refractivity contribution in [1.82, 2.24) is 5.06 Å². The number of halogens is 3. The number of hydrogen-bond acceptors (Lipinski definition) is 5. The Kier molecular flexibility index (Phi) is 5.51. The molecule has 0 atom stereocenters. The third-order valence-corrected chi connectivity index (χ3v) is 6.02. The lowest BCUT2D eigenvalue weighted by molar-refractivity contribution is -0.0587. The Hall–Kier alpha value is -2.87. The Labute approximate surface area is 184 Å². The fraction of sp³-hybridized carbons (Fsp3) is 0. The van der Waals surface area contributed by atoms with Crippen molar-refractivity contribution in [3.63, 3.8) is 0 Å². The van der Waals surface area contributed by atoms with E-state index in [1.165, 1.54) is 24.3 Å². The largest absolute Gasteiger partial charge is 0.365 e. The highest BCUT2D eigenvalue weighted by molar-refractivity contribution is 7.99. The molecule has 0 aromatic heterocycles. The first-order chi connectivity index (χ1) is 14.3. The second-order valence-corrected chi connectivity index (χ2v) is 8.08. The maximum absolute atomic E-state index is 13.8. The van der Waals surface area contributed by atoms with Crippen LogP contribution < -0.4 is 0 Å². The van der Waals surface area contributed by atoms with Crippen molar-refractivity contribution >= 4 is 52.7 Å². The summed E-state index contributed by atoms with van der Waals surface area (Å²) in [6.07, 6.45) is 0. The first-order valence-electron chi connectivity index (χ1n) is 8.47. The van der Waals surface area contributed by atoms with E-state index in [4.69, 9.17) is 28.0 Å². The van der Waals surface area contributed by atoms with Crippen LogP contribution in [0.5, 0.6) is 0 Å². The number of benzene rings is 3. The molecule has 3 aromatic carbocycles. The molecule has 150 valence electrons. The molecule has 2 amide bonds. The second kappa shape index (κ2) is 8.10. The number of carbonyl (C=O) groups is 3. The van der Waals surface area contributed by atoms with E-state index in [2.05, 4.69) is 0 Å². The van der Waals surface area contributed by atoms with Crippen molar-refractivity contribution in [3.8, 4) is 0 Å². The van der Waals surface area contributed by atoms with Gasteiger partial charge in [0.15, 0.2) is 0 Å². The predicted octanol–water partition coefficient (Wildman–Crippen LogP) is 5.65. The molecule has 0 N–H and O–H groups in total. The van der Waals surface area contributed by atoms with Gasteiger partial charge in [0.25, 0.3) is 11.8 Å². The standard InChI is InChI=1S/C21H10Cl2FNO4S/c22-16-7-6-12(10-17(16)23)30-18-8-5-11(24)9-15(18)21(28)29-25-19(26)13-3-1-2-4-14(13)20(25)27/h1-10H. The Bertz CT molecular complexity index is 1180. The molecule has 5 nitrogen and oxygen atoms in total. The van der Waals surface area contributed by atoms with Gasteiger partial charge in [0.1, 0.15) is 5.82 Å². The highest BCUT2D eigenvalue weighted by Gasteiger charge is 2.39. The SMILES string of the molecule is O=C(ON1C(=O)c2ccccc2C1=O)c1cc(F)ccc1Sc1ccc(Cl)c(Cl)c1. The zero-order valence-corrected chi connectivity index (χ0v) is 17.2. The third-order valence-electron chi connectivity index (χ3n) is 4.21. The molecule has 0 unspecified atom stereocenters. The first kappa shape index (κ1) is 20.4. The number of amides is 2. The van der Waals surface area contributed by atoms with E-state index in [1.807, 2.05) is 0 Å². The van der Waals surface area contributed by atoms with Gasteiger partial charge in [-0.1, -0.05) is 52.2 Å². The molecule has 1 aliphatic heterocycles. The minimum atomic E-state index is -1.05. The molecule has 0 radical (unpaired) electrons. The topological polar surface area (TPSA) is 63.7 Å². The number of hydrogen-bond donors (Lipinski definition) is 0. The third kappa shape index (κ3) is 3.79. The number of nitrogens with zero attached hydrogens (tertiary/aromatic N) is 1. The summed E-state index contributed by atoms with van der Waals surface area (Å²) in [6.45, 7) is 0. The van der Waals surface area contributed by atoms with Crippen LogP contribution in [0.1, 0.15) is 31.1 Å². The number of hydroxylamine groups is 2. The van der Waals surface area contributed by atoms with Gasteiger partial charge in [-0.25, -0.2) is 9.18 Å². The van der Waals surface area contributed by atoms with Gasteiger partial charge in [-0.05, 0) is 48.5 Å². The molecule has 4 rings (SSSR count). The number of fused-ring (bicyclic) bond motifs is 1. The normalized spacial score (nSPS) is 12.8. The predicted molar refractivity (Wildman–Crippen MR) is 109 cm³/mol. The zero-order chi connectivity index (χ0) is 21.4. The van der Waals surface area contributed by atoms with Crippen LogP contribution >= 0.6 is 35.0 Å². The average Bonchev–Trinajstić information content (AvgIpc) is 2.97. The molecule has 0 fully saturated rings. The van der Waals surface area contributed by atoms with E-state index in [0.29, 0.717) is 24.9 Å². The summed E-state index contributed by atoms with van der Waals surface area (Å²) < 4.78 is 13.8. The number of rotatable bonds is 4. The van der Waals surface area contributed by atoms with Crippen LogP contribution in [-0.4, -0.2) is 22.8 Å². The molecule has 0 bridgehead atoms. The van der Waals surface area contributed by atoms with E-state index >= 15 is 0 Å². The van der Waals surface area contributed by atoms with Crippen LogP contribution in [0.25, 0.3) is 0 Å². The van der Waals surface area contributed by atoms with Gasteiger partial charge >= 0.3 is 5.97 Å². The summed E-state index contributed by atoms with van der Waals surface area (Å²) in [5.74, 6) is -3.26. The molecule has 0 saturated carbocycles. The lowest BCUT2D eigenvalue weighted by atomic mass is 10.1. The number of imide groups is 1. The molecule has 0 saturated heterocycles. The zero-order valence-electron chi connectivity index (χ0n) is 14.9. The molecule has 3 aromatic rings. The highest BCUT2D eigenvalue weighted by atomic mass is 35.5. The Morgan fingerprint density at radius 3 is 2.20 bits per heavy atom. The molecule has 30 heavy (non-hydrogen) atoms. The second-order valence-electron chi connectivity index (χ2n) is 6.15. The molecule has 9 heteroatoms. The van der Waals surface area contributed by atoms with Crippen LogP contribution in [0.2, 0.25) is 10.0 Å². The van der Waals surface area contributed by atoms with E-state index in [9.17, 15) is 18.8 Å². The molecule has 0 aliphatic carbocycles. The molecule has 0 spiro atoms. The molecular weight excluding hydrogens is 452 g/mol. The minimum Gasteiger partial charge on any atom is -0.324 e. The van der Waals surface area contributed by atoms with Crippen molar-refractivity contribution in [3.05, 3.63) is 93.2 Å². The highest BCUT2D eigenvalue weighted by Crippen LogP contribution is 2.35. The van der Waals surface area contributed by atoms with E-state index in [-0.39, 0.29) is 16.7 Å². The maximum atomic E-state index is 13.8. The van der Waals surface area contributed by atoms with Crippen molar-refractivity contribution < 1.29 is 23.6 Å². The number of carbonyl (C=O) groups excluding carboxylic acids is 3. The average molecular weight is 462 g/mol. The van der Waals surface area contributed by atoms with Crippen molar-refractivity contribution in [1.29, 1.82) is 0 Å². The van der Waals surface area contributed by atoms with Crippen molar-refractivity contribution in [2.45, 2.75) is 9.79 Å². The fourth-order valence-corrected chi connectivity index (χ4v) is 4.12. The quantitative estimate of drug-likeness (QED) is 0.469. The summed E-state index contributed by atoms with van der Waals surface area (Å²) in [6, 6.07) is 14.5. The lowest BCUT2D eigenvalue weighted by Gasteiger charge is -2.14. The van der Waals surface area contributed by atoms with Gasteiger partial charge in [0.2, 0.25) is 0 Å². The summed E-state index contributed by atoms with van der Waals surface area (Å²) >= 11 is 13.1. The maximum Gasteiger partial charge on any atom is 0.365 e. The first-order valence-corrected chi connectivity index (χ1v) is 10.0. The molecule has 1 aliphatic rings. The summed E-state index contributed by atoms with van der Waals surface area (Å²) in [4.78, 5) is 43.6. The van der Waals surface area contributed by atoms with Crippen LogP contribution in [0.4, 0.5) is 4.39 Å². The fourth-order valence-electron chi connectivity index (χ4n) is 2.80. The van der Waals surface area contributed by atoms with E-state index in [0.717, 1.165) is 17.8 Å². The van der Waals surface area contributed by atoms with E-state index < -0.39 is 23.6 Å². The van der Waals surface area contributed by atoms with Crippen LogP contribution in [0, 0.1) is 5.82 Å². The Balaban J connectivity index is 1.62. The Morgan fingerprint density at radius 1 is 0.900 bits per heavy atom. The monoisotopic (exact) mass is 461 g/mol. The molecule has 1 heterocycles. The van der Waals surface area contributed by atoms with Crippen LogP contribution in [0.15, 0.2) is 70.5 Å². The van der Waals surface area contributed by atoms with Crippen molar-refractivity contribution in [2.75, 3.05) is 0 Å². The smallest absolute Gasteiger partial charge is 0.324 e. The van der Waals surface area contributed by atoms with Crippen LogP contribution in [0.3, 0.4) is 0 Å². The Morgan fingerprint density at radius 2 is 1.57 bits per heavy atom. The van der Waals surface area contributed by atoms with E-state index in [1.54, 1.807) is 30.3 Å². The van der Waals surface area contributed by atoms with Gasteiger partial charge in [-0.15, -0.1) is 0 Å². The van der Waals surface area contributed by atoms with Gasteiger partial charge in [-0.3, -0.25) is 9.59 Å². The summed E-state index contributed by atoms with van der Waals surface area (Å²) in [5.41, 5.74) is 0.0996. The minimum absolute atomic E-state index is 0.125. The lowest BCUT2D eigenvalue weighted by Crippen LogP contribution is -2.32. The van der Waals surface area contributed by atoms with Gasteiger partial charge < -0.3 is 4.84 Å².